The van der Waals surface area contributed by atoms with E-state index in [1.54, 1.807) is 6.08 Å². The fraction of sp³-hybridized carbons (Fsp3) is 0.800. The Labute approximate surface area is 118 Å². The van der Waals surface area contributed by atoms with E-state index >= 15 is 0 Å². The highest BCUT2D eigenvalue weighted by Gasteiger charge is 2.27. The Bertz CT molecular complexity index is 302. The molecule has 1 atom stereocenters. The number of carbonyl (C=O) groups excluding carboxylic acids is 1. The van der Waals surface area contributed by atoms with E-state index in [9.17, 15) is 4.79 Å². The molecule has 1 unspecified atom stereocenters. The van der Waals surface area contributed by atoms with Gasteiger partial charge in [0.05, 0.1) is 0 Å². The van der Waals surface area contributed by atoms with Crippen molar-refractivity contribution in [1.82, 2.24) is 14.7 Å². The van der Waals surface area contributed by atoms with Crippen LogP contribution < -0.4 is 0 Å². The Morgan fingerprint density at radius 2 is 2.11 bits per heavy atom. The normalized spacial score (nSPS) is 21.5. The number of rotatable bonds is 6. The minimum atomic E-state index is 0.177. The number of hydrogen-bond donors (Lipinski definition) is 0. The fourth-order valence-electron chi connectivity index (χ4n) is 2.45. The first-order valence-electron chi connectivity index (χ1n) is 7.35. The minimum absolute atomic E-state index is 0.177. The molecule has 0 aromatic carbocycles. The number of amides is 1. The molecule has 1 fully saturated rings. The molecule has 0 radical (unpaired) electrons. The molecule has 0 aliphatic carbocycles. The highest BCUT2D eigenvalue weighted by atomic mass is 16.2. The predicted octanol–water partition coefficient (Wildman–Crippen LogP) is 1.44. The third kappa shape index (κ3) is 5.74. The highest BCUT2D eigenvalue weighted by Crippen LogP contribution is 2.15. The van der Waals surface area contributed by atoms with E-state index < -0.39 is 0 Å². The first-order valence-corrected chi connectivity index (χ1v) is 7.35. The lowest BCUT2D eigenvalue weighted by atomic mass is 10.1. The summed E-state index contributed by atoms with van der Waals surface area (Å²) in [5.41, 5.74) is 0. The summed E-state index contributed by atoms with van der Waals surface area (Å²) in [6.07, 6.45) is 7.21. The van der Waals surface area contributed by atoms with E-state index in [-0.39, 0.29) is 5.91 Å². The van der Waals surface area contributed by atoms with Crippen LogP contribution in [0.15, 0.2) is 12.2 Å². The molecule has 1 saturated heterocycles. The van der Waals surface area contributed by atoms with Gasteiger partial charge in [0.2, 0.25) is 5.91 Å². The average molecular weight is 267 g/mol. The summed E-state index contributed by atoms with van der Waals surface area (Å²) in [6.45, 7) is 5.87. The van der Waals surface area contributed by atoms with Crippen molar-refractivity contribution < 1.29 is 4.79 Å². The van der Waals surface area contributed by atoms with Crippen molar-refractivity contribution in [2.45, 2.75) is 32.2 Å². The third-order valence-corrected chi connectivity index (χ3v) is 3.59. The largest absolute Gasteiger partial charge is 0.334 e. The molecule has 1 heterocycles. The van der Waals surface area contributed by atoms with E-state index in [0.29, 0.717) is 6.04 Å². The molecule has 4 nitrogen and oxygen atoms in total. The first kappa shape index (κ1) is 16.2. The lowest BCUT2D eigenvalue weighted by Crippen LogP contribution is -2.53. The predicted molar refractivity (Wildman–Crippen MR) is 80.2 cm³/mol. The van der Waals surface area contributed by atoms with Crippen molar-refractivity contribution in [2.75, 3.05) is 47.3 Å². The Balaban J connectivity index is 2.55. The van der Waals surface area contributed by atoms with Crippen LogP contribution in [0.1, 0.15) is 26.2 Å². The summed E-state index contributed by atoms with van der Waals surface area (Å²) in [4.78, 5) is 18.7. The molecule has 0 bridgehead atoms. The molecule has 0 aromatic heterocycles. The van der Waals surface area contributed by atoms with Gasteiger partial charge in [-0.15, -0.1) is 0 Å². The summed E-state index contributed by atoms with van der Waals surface area (Å²) in [5, 5.41) is 0. The van der Waals surface area contributed by atoms with Crippen LogP contribution in [0.5, 0.6) is 0 Å². The lowest BCUT2D eigenvalue weighted by molar-refractivity contribution is -0.130. The van der Waals surface area contributed by atoms with Crippen LogP contribution in [0.4, 0.5) is 0 Å². The Morgan fingerprint density at radius 3 is 2.74 bits per heavy atom. The molecule has 4 heteroatoms. The van der Waals surface area contributed by atoms with Crippen molar-refractivity contribution >= 4 is 5.91 Å². The van der Waals surface area contributed by atoms with Gasteiger partial charge < -0.3 is 14.7 Å². The van der Waals surface area contributed by atoms with Crippen LogP contribution >= 0.6 is 0 Å². The zero-order chi connectivity index (χ0) is 14.3. The summed E-state index contributed by atoms with van der Waals surface area (Å²) in [7, 11) is 6.16. The Hall–Kier alpha value is -0.870. The first-order chi connectivity index (χ1) is 9.04. The second-order valence-corrected chi connectivity index (χ2v) is 5.75. The van der Waals surface area contributed by atoms with Gasteiger partial charge in [0.1, 0.15) is 0 Å². The minimum Gasteiger partial charge on any atom is -0.334 e. The zero-order valence-corrected chi connectivity index (χ0v) is 12.9. The van der Waals surface area contributed by atoms with E-state index in [2.05, 4.69) is 28.7 Å². The van der Waals surface area contributed by atoms with Crippen LogP contribution in [0.25, 0.3) is 0 Å². The fourth-order valence-corrected chi connectivity index (χ4v) is 2.45. The Kier molecular flexibility index (Phi) is 7.10. The molecule has 1 amide bonds. The van der Waals surface area contributed by atoms with Gasteiger partial charge in [-0.3, -0.25) is 4.79 Å². The van der Waals surface area contributed by atoms with Crippen LogP contribution in [-0.4, -0.2) is 74.0 Å². The smallest absolute Gasteiger partial charge is 0.246 e. The van der Waals surface area contributed by atoms with Gasteiger partial charge in [0.25, 0.3) is 0 Å². The molecule has 0 spiro atoms. The molecule has 19 heavy (non-hydrogen) atoms. The number of nitrogens with zero attached hydrogens (tertiary/aromatic N) is 3. The number of piperazine rings is 1. The summed E-state index contributed by atoms with van der Waals surface area (Å²) in [5.74, 6) is 0.177. The second-order valence-electron chi connectivity index (χ2n) is 5.75. The molecular formula is C15H29N3O. The topological polar surface area (TPSA) is 26.8 Å². The van der Waals surface area contributed by atoms with E-state index in [4.69, 9.17) is 0 Å². The van der Waals surface area contributed by atoms with E-state index in [0.717, 1.165) is 32.6 Å². The lowest BCUT2D eigenvalue weighted by Gasteiger charge is -2.39. The number of unbranched alkanes of at least 4 members (excludes halogenated alkanes) is 1. The van der Waals surface area contributed by atoms with Gasteiger partial charge in [-0.2, -0.15) is 0 Å². The molecule has 1 aliphatic heterocycles. The van der Waals surface area contributed by atoms with Gasteiger partial charge in [-0.1, -0.05) is 25.8 Å². The number of hydrogen-bond acceptors (Lipinski definition) is 3. The van der Waals surface area contributed by atoms with Gasteiger partial charge in [0, 0.05) is 38.3 Å². The van der Waals surface area contributed by atoms with Gasteiger partial charge in [0.15, 0.2) is 0 Å². The average Bonchev–Trinajstić information content (AvgIpc) is 2.35. The van der Waals surface area contributed by atoms with Crippen molar-refractivity contribution in [3.8, 4) is 0 Å². The van der Waals surface area contributed by atoms with Crippen molar-refractivity contribution in [1.29, 1.82) is 0 Å². The highest BCUT2D eigenvalue weighted by molar-refractivity contribution is 5.88. The van der Waals surface area contributed by atoms with Gasteiger partial charge >= 0.3 is 0 Å². The van der Waals surface area contributed by atoms with Crippen molar-refractivity contribution in [3.63, 3.8) is 0 Å². The molecular weight excluding hydrogens is 238 g/mol. The number of likely N-dealkylation sites (N-methyl/N-ethyl adjacent to an activating group) is 2. The van der Waals surface area contributed by atoms with Crippen LogP contribution in [0.2, 0.25) is 0 Å². The van der Waals surface area contributed by atoms with E-state index in [1.165, 1.54) is 12.8 Å². The van der Waals surface area contributed by atoms with Gasteiger partial charge in [-0.05, 0) is 27.6 Å². The number of carbonyl (C=O) groups is 1. The molecule has 0 saturated carbocycles. The maximum atomic E-state index is 12.3. The van der Waals surface area contributed by atoms with Crippen LogP contribution in [-0.2, 0) is 4.79 Å². The maximum absolute atomic E-state index is 12.3. The molecule has 1 aliphatic rings. The van der Waals surface area contributed by atoms with Crippen LogP contribution in [0.3, 0.4) is 0 Å². The standard InChI is InChI=1S/C15H29N3O/c1-5-6-8-14-13-17(4)11-12-18(14)15(19)9-7-10-16(2)3/h7,9,14H,5-6,8,10-13H2,1-4H3/b9-7+. The Morgan fingerprint density at radius 1 is 1.37 bits per heavy atom. The summed E-state index contributed by atoms with van der Waals surface area (Å²) in [6, 6.07) is 0.384. The summed E-state index contributed by atoms with van der Waals surface area (Å²) >= 11 is 0. The molecule has 1 rings (SSSR count). The molecule has 0 aromatic rings. The molecule has 110 valence electrons. The quantitative estimate of drug-likeness (QED) is 0.681. The third-order valence-electron chi connectivity index (χ3n) is 3.59. The van der Waals surface area contributed by atoms with Crippen molar-refractivity contribution in [2.24, 2.45) is 0 Å². The summed E-state index contributed by atoms with van der Waals surface area (Å²) < 4.78 is 0. The molecule has 0 N–H and O–H groups in total. The van der Waals surface area contributed by atoms with Crippen molar-refractivity contribution in [3.05, 3.63) is 12.2 Å². The van der Waals surface area contributed by atoms with Crippen LogP contribution in [0, 0.1) is 0 Å². The van der Waals surface area contributed by atoms with Gasteiger partial charge in [-0.25, -0.2) is 0 Å². The second kappa shape index (κ2) is 8.33. The maximum Gasteiger partial charge on any atom is 0.246 e. The monoisotopic (exact) mass is 267 g/mol. The zero-order valence-electron chi connectivity index (χ0n) is 12.9. The SMILES string of the molecule is CCCCC1CN(C)CCN1C(=O)/C=C/CN(C)C. The van der Waals surface area contributed by atoms with E-state index in [1.807, 2.05) is 20.2 Å².